The minimum absolute atomic E-state index is 0.167. The van der Waals surface area contributed by atoms with Gasteiger partial charge in [0.2, 0.25) is 0 Å². The van der Waals surface area contributed by atoms with Crippen molar-refractivity contribution in [2.24, 2.45) is 0 Å². The van der Waals surface area contributed by atoms with Gasteiger partial charge in [-0.3, -0.25) is 4.90 Å². The van der Waals surface area contributed by atoms with Gasteiger partial charge >= 0.3 is 6.16 Å². The van der Waals surface area contributed by atoms with E-state index >= 15 is 0 Å². The van der Waals surface area contributed by atoms with Gasteiger partial charge in [0.05, 0.1) is 6.04 Å². The Morgan fingerprint density at radius 2 is 2.03 bits per heavy atom. The van der Waals surface area contributed by atoms with Gasteiger partial charge in [-0.25, -0.2) is 4.79 Å². The molecule has 0 saturated carbocycles. The molecule has 5 nitrogen and oxygen atoms in total. The van der Waals surface area contributed by atoms with E-state index in [9.17, 15) is 4.79 Å². The Hall–Kier alpha value is -1.95. The highest BCUT2D eigenvalue weighted by Gasteiger charge is 2.26. The quantitative estimate of drug-likeness (QED) is 0.510. The van der Waals surface area contributed by atoms with Crippen LogP contribution in [0.15, 0.2) is 36.4 Å². The first kappa shape index (κ1) is 21.8. The highest BCUT2D eigenvalue weighted by atomic mass is 35.5. The number of hydrogen-bond donors (Lipinski definition) is 2. The summed E-state index contributed by atoms with van der Waals surface area (Å²) < 4.78 is 4.89. The number of nitrogens with one attached hydrogen (secondary N) is 1. The molecule has 3 rings (SSSR count). The molecule has 0 spiro atoms. The first-order chi connectivity index (χ1) is 13.9. The van der Waals surface area contributed by atoms with Crippen LogP contribution in [-0.4, -0.2) is 35.4 Å². The summed E-state index contributed by atoms with van der Waals surface area (Å²) in [7, 11) is 0. The first-order valence-electron chi connectivity index (χ1n) is 9.78. The lowest BCUT2D eigenvalue weighted by atomic mass is 10.0. The minimum atomic E-state index is -1.22. The average Bonchev–Trinajstić information content (AvgIpc) is 3.10. The molecule has 0 bridgehead atoms. The predicted octanol–water partition coefficient (Wildman–Crippen LogP) is 6.13. The van der Waals surface area contributed by atoms with Crippen molar-refractivity contribution in [3.63, 3.8) is 0 Å². The fraction of sp³-hybridized carbons (Fsp3) is 0.409. The van der Waals surface area contributed by atoms with Gasteiger partial charge in [0.1, 0.15) is 6.10 Å². The summed E-state index contributed by atoms with van der Waals surface area (Å²) in [6.07, 6.45) is 0.143. The van der Waals surface area contributed by atoms with Crippen molar-refractivity contribution in [3.05, 3.63) is 63.1 Å². The molecular weight excluding hydrogens is 411 g/mol. The van der Waals surface area contributed by atoms with Gasteiger partial charge in [-0.15, -0.1) is 0 Å². The second kappa shape index (κ2) is 9.70. The van der Waals surface area contributed by atoms with E-state index < -0.39 is 6.16 Å². The summed E-state index contributed by atoms with van der Waals surface area (Å²) >= 11 is 12.6. The van der Waals surface area contributed by atoms with Crippen LogP contribution in [0, 0.1) is 6.92 Å². The van der Waals surface area contributed by atoms with Crippen LogP contribution in [0.3, 0.4) is 0 Å². The lowest BCUT2D eigenvalue weighted by Gasteiger charge is -2.21. The molecule has 0 unspecified atom stereocenters. The van der Waals surface area contributed by atoms with E-state index in [1.165, 1.54) is 5.56 Å². The Labute approximate surface area is 181 Å². The van der Waals surface area contributed by atoms with Crippen LogP contribution in [0.5, 0.6) is 0 Å². The highest BCUT2D eigenvalue weighted by molar-refractivity contribution is 6.31. The number of nitrogens with zero attached hydrogens (tertiary/aromatic N) is 1. The number of anilines is 1. The van der Waals surface area contributed by atoms with Gasteiger partial charge in [-0.1, -0.05) is 42.3 Å². The van der Waals surface area contributed by atoms with Crippen molar-refractivity contribution in [2.75, 3.05) is 18.4 Å². The fourth-order valence-electron chi connectivity index (χ4n) is 3.71. The van der Waals surface area contributed by atoms with Crippen molar-refractivity contribution >= 4 is 35.0 Å². The van der Waals surface area contributed by atoms with Crippen LogP contribution in [-0.2, 0) is 11.3 Å². The lowest BCUT2D eigenvalue weighted by Crippen LogP contribution is -2.24. The molecule has 1 fully saturated rings. The van der Waals surface area contributed by atoms with Gasteiger partial charge in [0.15, 0.2) is 0 Å². The van der Waals surface area contributed by atoms with E-state index in [4.69, 9.17) is 33.0 Å². The van der Waals surface area contributed by atoms with Crippen molar-refractivity contribution in [1.29, 1.82) is 0 Å². The monoisotopic (exact) mass is 436 g/mol. The smallest absolute Gasteiger partial charge is 0.450 e. The number of aryl methyl sites for hydroxylation is 1. The van der Waals surface area contributed by atoms with E-state index in [0.717, 1.165) is 34.8 Å². The molecule has 2 aromatic carbocycles. The number of carboxylic acid groups (broad SMARTS) is 1. The molecular formula is C22H26Cl2N2O3. The summed E-state index contributed by atoms with van der Waals surface area (Å²) in [5.41, 5.74) is 4.27. The third-order valence-electron chi connectivity index (χ3n) is 5.27. The molecule has 29 heavy (non-hydrogen) atoms. The van der Waals surface area contributed by atoms with E-state index in [2.05, 4.69) is 35.3 Å². The summed E-state index contributed by atoms with van der Waals surface area (Å²) in [5, 5.41) is 13.9. The molecule has 1 aliphatic rings. The van der Waals surface area contributed by atoms with Gasteiger partial charge in [0.25, 0.3) is 0 Å². The van der Waals surface area contributed by atoms with Crippen molar-refractivity contribution in [1.82, 2.24) is 4.90 Å². The van der Waals surface area contributed by atoms with Crippen LogP contribution in [0.1, 0.15) is 42.5 Å². The predicted molar refractivity (Wildman–Crippen MR) is 117 cm³/mol. The summed E-state index contributed by atoms with van der Waals surface area (Å²) in [6.45, 7) is 6.18. The third-order valence-corrected chi connectivity index (χ3v) is 6.06. The van der Waals surface area contributed by atoms with Crippen molar-refractivity contribution in [2.45, 2.75) is 45.4 Å². The molecule has 0 radical (unpaired) electrons. The Kier molecular flexibility index (Phi) is 7.28. The zero-order chi connectivity index (χ0) is 21.0. The van der Waals surface area contributed by atoms with Gasteiger partial charge in [-0.05, 0) is 60.7 Å². The molecule has 2 aromatic rings. The third kappa shape index (κ3) is 5.78. The standard InChI is InChI=1S/C22H26Cl2N2O3/c1-3-21(15-4-6-19(23)14(2)10-15)25-17-5-7-20(24)16(11-17)12-26-9-8-18(13-26)29-22(27)28/h4-7,10-11,18,21,25H,3,8-9,12-13H2,1-2H3,(H,27,28)/t18-,21-/m1/s1. The average molecular weight is 437 g/mol. The number of rotatable bonds is 7. The van der Waals surface area contributed by atoms with Crippen molar-refractivity contribution < 1.29 is 14.6 Å². The van der Waals surface area contributed by atoms with Crippen LogP contribution in [0.25, 0.3) is 0 Å². The zero-order valence-electron chi connectivity index (χ0n) is 16.6. The van der Waals surface area contributed by atoms with Crippen LogP contribution in [0.4, 0.5) is 10.5 Å². The Morgan fingerprint density at radius 1 is 1.28 bits per heavy atom. The van der Waals surface area contributed by atoms with E-state index in [-0.39, 0.29) is 12.1 Å². The molecule has 2 N–H and O–H groups in total. The maximum Gasteiger partial charge on any atom is 0.506 e. The first-order valence-corrected chi connectivity index (χ1v) is 10.5. The summed E-state index contributed by atoms with van der Waals surface area (Å²) in [6, 6.07) is 12.2. The van der Waals surface area contributed by atoms with E-state index in [0.29, 0.717) is 24.5 Å². The largest absolute Gasteiger partial charge is 0.506 e. The fourth-order valence-corrected chi connectivity index (χ4v) is 4.01. The summed E-state index contributed by atoms with van der Waals surface area (Å²) in [5.74, 6) is 0. The Morgan fingerprint density at radius 3 is 2.72 bits per heavy atom. The maximum atomic E-state index is 10.7. The number of likely N-dealkylation sites (tertiary alicyclic amines) is 1. The normalized spacial score (nSPS) is 17.9. The van der Waals surface area contributed by atoms with Crippen LogP contribution in [0.2, 0.25) is 10.0 Å². The topological polar surface area (TPSA) is 61.8 Å². The van der Waals surface area contributed by atoms with Gasteiger partial charge in [0, 0.05) is 35.4 Å². The number of halogens is 2. The van der Waals surface area contributed by atoms with Gasteiger partial charge in [-0.2, -0.15) is 0 Å². The molecule has 1 aliphatic heterocycles. The lowest BCUT2D eigenvalue weighted by molar-refractivity contribution is 0.0548. The number of carbonyl (C=O) groups is 1. The number of hydrogen-bond acceptors (Lipinski definition) is 4. The molecule has 7 heteroatoms. The number of ether oxygens (including phenoxy) is 1. The highest BCUT2D eigenvalue weighted by Crippen LogP contribution is 2.29. The Bertz CT molecular complexity index is 875. The molecule has 1 heterocycles. The summed E-state index contributed by atoms with van der Waals surface area (Å²) in [4.78, 5) is 12.9. The second-order valence-corrected chi connectivity index (χ2v) is 8.26. The zero-order valence-corrected chi connectivity index (χ0v) is 18.1. The molecule has 0 aromatic heterocycles. The number of benzene rings is 2. The van der Waals surface area contributed by atoms with Gasteiger partial charge < -0.3 is 15.2 Å². The Balaban J connectivity index is 1.69. The van der Waals surface area contributed by atoms with Crippen LogP contribution >= 0.6 is 23.2 Å². The molecule has 2 atom stereocenters. The second-order valence-electron chi connectivity index (χ2n) is 7.45. The molecule has 156 valence electrons. The SMILES string of the molecule is CC[C@@H](Nc1ccc(Cl)c(CN2CC[C@@H](OC(=O)O)C2)c1)c1ccc(Cl)c(C)c1. The van der Waals surface area contributed by atoms with E-state index in [1.807, 2.05) is 25.1 Å². The van der Waals surface area contributed by atoms with Crippen molar-refractivity contribution in [3.8, 4) is 0 Å². The van der Waals surface area contributed by atoms with Crippen LogP contribution < -0.4 is 5.32 Å². The maximum absolute atomic E-state index is 10.7. The molecule has 0 amide bonds. The molecule has 0 aliphatic carbocycles. The molecule has 1 saturated heterocycles. The minimum Gasteiger partial charge on any atom is -0.450 e. The van der Waals surface area contributed by atoms with E-state index in [1.54, 1.807) is 0 Å².